The summed E-state index contributed by atoms with van der Waals surface area (Å²) in [5.74, 6) is -0.789. The smallest absolute Gasteiger partial charge is 0.223 e. The van der Waals surface area contributed by atoms with Crippen molar-refractivity contribution >= 4 is 11.8 Å². The van der Waals surface area contributed by atoms with E-state index in [0.717, 1.165) is 11.3 Å². The van der Waals surface area contributed by atoms with E-state index in [4.69, 9.17) is 5.73 Å². The lowest BCUT2D eigenvalue weighted by Gasteiger charge is -2.15. The monoisotopic (exact) mass is 233 g/mol. The van der Waals surface area contributed by atoms with Crippen LogP contribution in [0.1, 0.15) is 17.7 Å². The lowest BCUT2D eigenvalue weighted by Crippen LogP contribution is -2.28. The molecular formula is C12H15N3O2. The van der Waals surface area contributed by atoms with E-state index < -0.39 is 5.91 Å². The number of likely N-dealkylation sites (tertiary alicyclic amines) is 1. The third-order valence-electron chi connectivity index (χ3n) is 2.94. The zero-order valence-electron chi connectivity index (χ0n) is 9.72. The van der Waals surface area contributed by atoms with Crippen LogP contribution in [0.2, 0.25) is 0 Å². The largest absolute Gasteiger partial charge is 0.369 e. The van der Waals surface area contributed by atoms with Crippen LogP contribution in [0.15, 0.2) is 18.3 Å². The van der Waals surface area contributed by atoms with Crippen molar-refractivity contribution in [1.82, 2.24) is 9.88 Å². The van der Waals surface area contributed by atoms with E-state index >= 15 is 0 Å². The number of carbonyl (C=O) groups is 2. The van der Waals surface area contributed by atoms with Crippen molar-refractivity contribution in [2.45, 2.75) is 19.9 Å². The second-order valence-electron chi connectivity index (χ2n) is 4.40. The van der Waals surface area contributed by atoms with Gasteiger partial charge >= 0.3 is 0 Å². The minimum Gasteiger partial charge on any atom is -0.369 e. The molecule has 0 aliphatic carbocycles. The summed E-state index contributed by atoms with van der Waals surface area (Å²) in [6, 6.07) is 3.84. The van der Waals surface area contributed by atoms with Gasteiger partial charge in [0.25, 0.3) is 0 Å². The van der Waals surface area contributed by atoms with Crippen molar-refractivity contribution in [3.63, 3.8) is 0 Å². The molecule has 2 N–H and O–H groups in total. The van der Waals surface area contributed by atoms with Gasteiger partial charge in [0, 0.05) is 19.2 Å². The highest BCUT2D eigenvalue weighted by atomic mass is 16.2. The Morgan fingerprint density at radius 3 is 3.00 bits per heavy atom. The molecular weight excluding hydrogens is 218 g/mol. The van der Waals surface area contributed by atoms with Crippen LogP contribution in [0.3, 0.4) is 0 Å². The molecule has 90 valence electrons. The number of nitrogens with two attached hydrogens (primary N) is 1. The zero-order valence-corrected chi connectivity index (χ0v) is 9.72. The maximum atomic E-state index is 11.7. The number of carbonyl (C=O) groups excluding carboxylic acids is 2. The van der Waals surface area contributed by atoms with Crippen LogP contribution in [0.4, 0.5) is 0 Å². The number of pyridine rings is 1. The van der Waals surface area contributed by atoms with Crippen LogP contribution in [0, 0.1) is 12.8 Å². The summed E-state index contributed by atoms with van der Waals surface area (Å²) in [4.78, 5) is 28.5. The summed E-state index contributed by atoms with van der Waals surface area (Å²) >= 11 is 0. The van der Waals surface area contributed by atoms with E-state index in [-0.39, 0.29) is 18.2 Å². The molecule has 5 nitrogen and oxygen atoms in total. The van der Waals surface area contributed by atoms with Crippen LogP contribution >= 0.6 is 0 Å². The van der Waals surface area contributed by atoms with E-state index in [1.54, 1.807) is 11.1 Å². The van der Waals surface area contributed by atoms with Crippen molar-refractivity contribution < 1.29 is 9.59 Å². The first-order valence-electron chi connectivity index (χ1n) is 5.55. The minimum atomic E-state index is -0.405. The first kappa shape index (κ1) is 11.6. The lowest BCUT2D eigenvalue weighted by molar-refractivity contribution is -0.128. The van der Waals surface area contributed by atoms with Crippen molar-refractivity contribution in [1.29, 1.82) is 0 Å². The summed E-state index contributed by atoms with van der Waals surface area (Å²) < 4.78 is 0. The van der Waals surface area contributed by atoms with Gasteiger partial charge in [-0.05, 0) is 24.6 Å². The molecule has 1 aromatic rings. The number of aromatic nitrogens is 1. The number of aryl methyl sites for hydroxylation is 1. The van der Waals surface area contributed by atoms with E-state index in [2.05, 4.69) is 4.98 Å². The Balaban J connectivity index is 2.05. The van der Waals surface area contributed by atoms with Gasteiger partial charge in [0.05, 0.1) is 18.2 Å². The second kappa shape index (κ2) is 4.53. The number of hydrogen-bond donors (Lipinski definition) is 1. The SMILES string of the molecule is Cc1ccnc(CN2CC(C(N)=O)CC2=O)c1. The average molecular weight is 233 g/mol. The Labute approximate surface area is 99.6 Å². The number of primary amides is 1. The number of hydrogen-bond acceptors (Lipinski definition) is 3. The third-order valence-corrected chi connectivity index (χ3v) is 2.94. The first-order valence-corrected chi connectivity index (χ1v) is 5.55. The van der Waals surface area contributed by atoms with Crippen molar-refractivity contribution in [2.75, 3.05) is 6.54 Å². The fraction of sp³-hybridized carbons (Fsp3) is 0.417. The van der Waals surface area contributed by atoms with Gasteiger partial charge in [0.2, 0.25) is 11.8 Å². The quantitative estimate of drug-likeness (QED) is 0.811. The Morgan fingerprint density at radius 2 is 2.41 bits per heavy atom. The second-order valence-corrected chi connectivity index (χ2v) is 4.40. The van der Waals surface area contributed by atoms with Crippen molar-refractivity contribution in [2.24, 2.45) is 11.7 Å². The molecule has 2 rings (SSSR count). The molecule has 0 radical (unpaired) electrons. The van der Waals surface area contributed by atoms with Gasteiger partial charge in [0.15, 0.2) is 0 Å². The molecule has 0 bridgehead atoms. The minimum absolute atomic E-state index is 0.0305. The van der Waals surface area contributed by atoms with Gasteiger partial charge < -0.3 is 10.6 Å². The maximum absolute atomic E-state index is 11.7. The topological polar surface area (TPSA) is 76.3 Å². The summed E-state index contributed by atoms with van der Waals surface area (Å²) in [7, 11) is 0. The molecule has 0 spiro atoms. The summed E-state index contributed by atoms with van der Waals surface area (Å²) in [6.45, 7) is 2.83. The van der Waals surface area contributed by atoms with E-state index in [1.165, 1.54) is 0 Å². The van der Waals surface area contributed by atoms with Crippen LogP contribution < -0.4 is 5.73 Å². The molecule has 1 unspecified atom stereocenters. The molecule has 1 aliphatic heterocycles. The molecule has 17 heavy (non-hydrogen) atoms. The first-order chi connectivity index (χ1) is 8.06. The number of rotatable bonds is 3. The van der Waals surface area contributed by atoms with Crippen LogP contribution in [0.25, 0.3) is 0 Å². The predicted octanol–water partition coefficient (Wildman–Crippen LogP) is 0.224. The highest BCUT2D eigenvalue weighted by Gasteiger charge is 2.32. The zero-order chi connectivity index (χ0) is 12.4. The molecule has 0 aromatic carbocycles. The predicted molar refractivity (Wildman–Crippen MR) is 61.7 cm³/mol. The molecule has 1 aromatic heterocycles. The van der Waals surface area contributed by atoms with Gasteiger partial charge in [-0.3, -0.25) is 14.6 Å². The van der Waals surface area contributed by atoms with E-state index in [0.29, 0.717) is 13.1 Å². The van der Waals surface area contributed by atoms with Crippen LogP contribution in [0.5, 0.6) is 0 Å². The Bertz CT molecular complexity index is 459. The summed E-state index contributed by atoms with van der Waals surface area (Å²) in [6.07, 6.45) is 1.94. The highest BCUT2D eigenvalue weighted by molar-refractivity contribution is 5.88. The molecule has 2 heterocycles. The normalized spacial score (nSPS) is 19.7. The lowest BCUT2D eigenvalue weighted by atomic mass is 10.1. The Kier molecular flexibility index (Phi) is 3.08. The molecule has 2 amide bonds. The van der Waals surface area contributed by atoms with Crippen LogP contribution in [-0.2, 0) is 16.1 Å². The molecule has 1 atom stereocenters. The van der Waals surface area contributed by atoms with E-state index in [1.807, 2.05) is 19.1 Å². The fourth-order valence-electron chi connectivity index (χ4n) is 2.00. The van der Waals surface area contributed by atoms with Gasteiger partial charge in [-0.2, -0.15) is 0 Å². The number of nitrogens with zero attached hydrogens (tertiary/aromatic N) is 2. The average Bonchev–Trinajstić information content (AvgIpc) is 2.61. The van der Waals surface area contributed by atoms with Gasteiger partial charge in [0.1, 0.15) is 0 Å². The highest BCUT2D eigenvalue weighted by Crippen LogP contribution is 2.19. The van der Waals surface area contributed by atoms with E-state index in [9.17, 15) is 9.59 Å². The van der Waals surface area contributed by atoms with Gasteiger partial charge in [-0.1, -0.05) is 0 Å². The molecule has 1 saturated heterocycles. The van der Waals surface area contributed by atoms with Gasteiger partial charge in [-0.15, -0.1) is 0 Å². The molecule has 1 aliphatic rings. The number of amides is 2. The maximum Gasteiger partial charge on any atom is 0.223 e. The van der Waals surface area contributed by atoms with Crippen LogP contribution in [-0.4, -0.2) is 28.2 Å². The standard InChI is InChI=1S/C12H15N3O2/c1-8-2-3-14-10(4-8)7-15-6-9(12(13)17)5-11(15)16/h2-4,9H,5-7H2,1H3,(H2,13,17). The molecule has 1 fully saturated rings. The summed E-state index contributed by atoms with van der Waals surface area (Å²) in [5.41, 5.74) is 7.15. The fourth-order valence-corrected chi connectivity index (χ4v) is 2.00. The van der Waals surface area contributed by atoms with Gasteiger partial charge in [-0.25, -0.2) is 0 Å². The van der Waals surface area contributed by atoms with Crippen molar-refractivity contribution in [3.05, 3.63) is 29.6 Å². The third kappa shape index (κ3) is 2.61. The Morgan fingerprint density at radius 1 is 1.65 bits per heavy atom. The Hall–Kier alpha value is -1.91. The summed E-state index contributed by atoms with van der Waals surface area (Å²) in [5, 5.41) is 0. The molecule has 5 heteroatoms. The molecule has 0 saturated carbocycles. The van der Waals surface area contributed by atoms with Crippen molar-refractivity contribution in [3.8, 4) is 0 Å².